The summed E-state index contributed by atoms with van der Waals surface area (Å²) in [6, 6.07) is 4.45. The number of rotatable bonds is 4. The third-order valence-corrected chi connectivity index (χ3v) is 4.66. The molecule has 0 amide bonds. The molecule has 0 aliphatic heterocycles. The lowest BCUT2D eigenvalue weighted by atomic mass is 10.1. The number of ether oxygens (including phenoxy) is 1. The van der Waals surface area contributed by atoms with Gasteiger partial charge in [0.15, 0.2) is 0 Å². The van der Waals surface area contributed by atoms with Gasteiger partial charge in [-0.3, -0.25) is 0 Å². The summed E-state index contributed by atoms with van der Waals surface area (Å²) in [6.45, 7) is 1.99. The molecule has 3 aromatic rings. The SMILES string of the molecule is COc1ccc(F)cc1-c1csc(Cc2csc(C)n2)n1. The van der Waals surface area contributed by atoms with Crippen LogP contribution >= 0.6 is 22.7 Å². The van der Waals surface area contributed by atoms with Crippen LogP contribution in [0.3, 0.4) is 0 Å². The summed E-state index contributed by atoms with van der Waals surface area (Å²) < 4.78 is 18.7. The Bertz CT molecular complexity index is 767. The monoisotopic (exact) mass is 320 g/mol. The van der Waals surface area contributed by atoms with E-state index in [4.69, 9.17) is 4.74 Å². The topological polar surface area (TPSA) is 35.0 Å². The molecular formula is C15H13FN2OS2. The maximum atomic E-state index is 13.4. The van der Waals surface area contributed by atoms with Crippen LogP contribution in [0.2, 0.25) is 0 Å². The van der Waals surface area contributed by atoms with Crippen molar-refractivity contribution in [2.24, 2.45) is 0 Å². The van der Waals surface area contributed by atoms with Crippen LogP contribution in [0, 0.1) is 12.7 Å². The van der Waals surface area contributed by atoms with E-state index in [-0.39, 0.29) is 5.82 Å². The minimum absolute atomic E-state index is 0.296. The number of hydrogen-bond donors (Lipinski definition) is 0. The molecule has 108 valence electrons. The van der Waals surface area contributed by atoms with Gasteiger partial charge in [0.25, 0.3) is 0 Å². The zero-order valence-corrected chi connectivity index (χ0v) is 13.2. The van der Waals surface area contributed by atoms with E-state index >= 15 is 0 Å². The lowest BCUT2D eigenvalue weighted by Crippen LogP contribution is -1.91. The van der Waals surface area contributed by atoms with Crippen LogP contribution in [-0.2, 0) is 6.42 Å². The van der Waals surface area contributed by atoms with Crippen molar-refractivity contribution in [2.75, 3.05) is 7.11 Å². The molecule has 6 heteroatoms. The highest BCUT2D eigenvalue weighted by Crippen LogP contribution is 2.32. The molecular weight excluding hydrogens is 307 g/mol. The van der Waals surface area contributed by atoms with Crippen molar-refractivity contribution in [3.05, 3.63) is 50.5 Å². The quantitative estimate of drug-likeness (QED) is 0.718. The number of halogens is 1. The van der Waals surface area contributed by atoms with Crippen LogP contribution in [0.5, 0.6) is 5.75 Å². The molecule has 0 atom stereocenters. The van der Waals surface area contributed by atoms with E-state index in [2.05, 4.69) is 9.97 Å². The average Bonchev–Trinajstić information content (AvgIpc) is 3.08. The summed E-state index contributed by atoms with van der Waals surface area (Å²) in [5.74, 6) is 0.327. The molecule has 0 radical (unpaired) electrons. The molecule has 3 rings (SSSR count). The van der Waals surface area contributed by atoms with Gasteiger partial charge < -0.3 is 4.74 Å². The fourth-order valence-electron chi connectivity index (χ4n) is 2.04. The molecule has 2 aromatic heterocycles. The molecule has 0 aliphatic rings. The summed E-state index contributed by atoms with van der Waals surface area (Å²) >= 11 is 3.18. The molecule has 0 spiro atoms. The number of aromatic nitrogens is 2. The van der Waals surface area contributed by atoms with E-state index in [9.17, 15) is 4.39 Å². The smallest absolute Gasteiger partial charge is 0.128 e. The Balaban J connectivity index is 1.89. The van der Waals surface area contributed by atoms with Gasteiger partial charge in [0.2, 0.25) is 0 Å². The van der Waals surface area contributed by atoms with Crippen LogP contribution in [0.25, 0.3) is 11.3 Å². The maximum absolute atomic E-state index is 13.4. The predicted molar refractivity (Wildman–Crippen MR) is 83.7 cm³/mol. The summed E-state index contributed by atoms with van der Waals surface area (Å²) in [6.07, 6.45) is 0.701. The Morgan fingerprint density at radius 3 is 2.76 bits per heavy atom. The van der Waals surface area contributed by atoms with E-state index < -0.39 is 0 Å². The number of benzene rings is 1. The first-order chi connectivity index (χ1) is 10.2. The van der Waals surface area contributed by atoms with Gasteiger partial charge in [-0.1, -0.05) is 0 Å². The van der Waals surface area contributed by atoms with Crippen molar-refractivity contribution in [1.29, 1.82) is 0 Å². The molecule has 0 saturated heterocycles. The molecule has 0 unspecified atom stereocenters. The van der Waals surface area contributed by atoms with Crippen LogP contribution < -0.4 is 4.74 Å². The van der Waals surface area contributed by atoms with Crippen LogP contribution in [0.15, 0.2) is 29.0 Å². The highest BCUT2D eigenvalue weighted by Gasteiger charge is 2.12. The zero-order chi connectivity index (χ0) is 14.8. The summed E-state index contributed by atoms with van der Waals surface area (Å²) in [5.41, 5.74) is 2.43. The first kappa shape index (κ1) is 14.2. The van der Waals surface area contributed by atoms with Gasteiger partial charge in [-0.2, -0.15) is 0 Å². The van der Waals surface area contributed by atoms with Crippen molar-refractivity contribution in [2.45, 2.75) is 13.3 Å². The molecule has 2 heterocycles. The molecule has 0 N–H and O–H groups in total. The number of aryl methyl sites for hydroxylation is 1. The van der Waals surface area contributed by atoms with E-state index in [1.54, 1.807) is 35.8 Å². The van der Waals surface area contributed by atoms with Crippen LogP contribution in [0.1, 0.15) is 15.7 Å². The number of methoxy groups -OCH3 is 1. The van der Waals surface area contributed by atoms with Crippen LogP contribution in [0.4, 0.5) is 4.39 Å². The Kier molecular flexibility index (Phi) is 3.98. The highest BCUT2D eigenvalue weighted by molar-refractivity contribution is 7.10. The van der Waals surface area contributed by atoms with Crippen molar-refractivity contribution < 1.29 is 9.13 Å². The summed E-state index contributed by atoms with van der Waals surface area (Å²) in [5, 5.41) is 5.97. The fourth-order valence-corrected chi connectivity index (χ4v) is 3.46. The lowest BCUT2D eigenvalue weighted by Gasteiger charge is -2.05. The van der Waals surface area contributed by atoms with E-state index in [0.717, 1.165) is 21.4 Å². The number of nitrogens with zero attached hydrogens (tertiary/aromatic N) is 2. The minimum atomic E-state index is -0.296. The molecule has 0 bridgehead atoms. The Morgan fingerprint density at radius 1 is 1.19 bits per heavy atom. The molecule has 0 fully saturated rings. The van der Waals surface area contributed by atoms with E-state index in [1.165, 1.54) is 12.1 Å². The molecule has 0 saturated carbocycles. The predicted octanol–water partition coefficient (Wildman–Crippen LogP) is 4.31. The lowest BCUT2D eigenvalue weighted by molar-refractivity contribution is 0.415. The second-order valence-corrected chi connectivity index (χ2v) is 6.51. The maximum Gasteiger partial charge on any atom is 0.128 e. The fraction of sp³-hybridized carbons (Fsp3) is 0.200. The van der Waals surface area contributed by atoms with Crippen molar-refractivity contribution >= 4 is 22.7 Å². The Labute approximate surface area is 130 Å². The normalized spacial score (nSPS) is 10.8. The van der Waals surface area contributed by atoms with E-state index in [0.29, 0.717) is 17.7 Å². The minimum Gasteiger partial charge on any atom is -0.496 e. The van der Waals surface area contributed by atoms with Gasteiger partial charge in [0.05, 0.1) is 28.5 Å². The zero-order valence-electron chi connectivity index (χ0n) is 11.6. The standard InChI is InChI=1S/C15H13FN2OS2/c1-9-17-11(7-20-9)6-15-18-13(8-21-15)12-5-10(16)3-4-14(12)19-2/h3-5,7-8H,6H2,1-2H3. The van der Waals surface area contributed by atoms with Crippen molar-refractivity contribution in [3.63, 3.8) is 0 Å². The molecule has 1 aromatic carbocycles. The average molecular weight is 320 g/mol. The third-order valence-electron chi connectivity index (χ3n) is 2.99. The Morgan fingerprint density at radius 2 is 2.05 bits per heavy atom. The Hall–Kier alpha value is -1.79. The largest absolute Gasteiger partial charge is 0.496 e. The summed E-state index contributed by atoms with van der Waals surface area (Å²) in [7, 11) is 1.57. The molecule has 3 nitrogen and oxygen atoms in total. The number of thiazole rings is 2. The van der Waals surface area contributed by atoms with Gasteiger partial charge >= 0.3 is 0 Å². The van der Waals surface area contributed by atoms with Gasteiger partial charge in [-0.15, -0.1) is 22.7 Å². The van der Waals surface area contributed by atoms with Gasteiger partial charge in [-0.05, 0) is 25.1 Å². The summed E-state index contributed by atoms with van der Waals surface area (Å²) in [4.78, 5) is 9.01. The van der Waals surface area contributed by atoms with Crippen molar-refractivity contribution in [3.8, 4) is 17.0 Å². The van der Waals surface area contributed by atoms with Gasteiger partial charge in [0, 0.05) is 22.7 Å². The first-order valence-corrected chi connectivity index (χ1v) is 8.11. The second-order valence-electron chi connectivity index (χ2n) is 4.51. The third kappa shape index (κ3) is 3.11. The van der Waals surface area contributed by atoms with E-state index in [1.807, 2.05) is 17.7 Å². The highest BCUT2D eigenvalue weighted by atomic mass is 32.1. The van der Waals surface area contributed by atoms with Crippen molar-refractivity contribution in [1.82, 2.24) is 9.97 Å². The molecule has 0 aliphatic carbocycles. The van der Waals surface area contributed by atoms with Gasteiger partial charge in [-0.25, -0.2) is 14.4 Å². The second kappa shape index (κ2) is 5.91. The van der Waals surface area contributed by atoms with Gasteiger partial charge in [0.1, 0.15) is 11.6 Å². The molecule has 21 heavy (non-hydrogen) atoms. The van der Waals surface area contributed by atoms with Crippen LogP contribution in [-0.4, -0.2) is 17.1 Å². The first-order valence-electron chi connectivity index (χ1n) is 6.35. The number of hydrogen-bond acceptors (Lipinski definition) is 5.